The molecule has 0 atom stereocenters. The van der Waals surface area contributed by atoms with Gasteiger partial charge >= 0.3 is 0 Å². The Morgan fingerprint density at radius 3 is 2.33 bits per heavy atom. The van der Waals surface area contributed by atoms with Crippen molar-refractivity contribution in [1.82, 2.24) is 9.97 Å². The maximum atomic E-state index is 13.7. The summed E-state index contributed by atoms with van der Waals surface area (Å²) in [6.45, 7) is 0. The fraction of sp³-hybridized carbons (Fsp3) is 0. The SMILES string of the molecule is Fc1ccc(Nc2nccc(Nc3cc(Cl)cc(Cl)c3)n2)c(F)c1. The minimum absolute atomic E-state index is 0.0688. The monoisotopic (exact) mass is 366 g/mol. The van der Waals surface area contributed by atoms with Gasteiger partial charge < -0.3 is 10.6 Å². The van der Waals surface area contributed by atoms with Gasteiger partial charge in [0, 0.05) is 28.0 Å². The van der Waals surface area contributed by atoms with E-state index in [0.717, 1.165) is 12.1 Å². The second-order valence-corrected chi connectivity index (χ2v) is 5.67. The molecule has 0 radical (unpaired) electrons. The van der Waals surface area contributed by atoms with Crippen LogP contribution in [0.15, 0.2) is 48.7 Å². The van der Waals surface area contributed by atoms with Crippen molar-refractivity contribution in [3.05, 3.63) is 70.3 Å². The third kappa shape index (κ3) is 4.10. The average Bonchev–Trinajstić information content (AvgIpc) is 2.49. The summed E-state index contributed by atoms with van der Waals surface area (Å²) in [5.74, 6) is -0.794. The van der Waals surface area contributed by atoms with Crippen LogP contribution in [0.5, 0.6) is 0 Å². The van der Waals surface area contributed by atoms with Gasteiger partial charge in [-0.1, -0.05) is 23.2 Å². The quantitative estimate of drug-likeness (QED) is 0.635. The summed E-state index contributed by atoms with van der Waals surface area (Å²) in [6, 6.07) is 9.79. The molecular weight excluding hydrogens is 357 g/mol. The van der Waals surface area contributed by atoms with Gasteiger partial charge in [0.1, 0.15) is 17.5 Å². The first-order valence-electron chi connectivity index (χ1n) is 6.78. The molecule has 2 aromatic carbocycles. The van der Waals surface area contributed by atoms with Crippen molar-refractivity contribution in [2.24, 2.45) is 0 Å². The maximum Gasteiger partial charge on any atom is 0.229 e. The van der Waals surface area contributed by atoms with E-state index in [-0.39, 0.29) is 11.6 Å². The van der Waals surface area contributed by atoms with E-state index in [2.05, 4.69) is 20.6 Å². The van der Waals surface area contributed by atoms with Crippen molar-refractivity contribution in [3.8, 4) is 0 Å². The zero-order valence-corrected chi connectivity index (χ0v) is 13.5. The van der Waals surface area contributed by atoms with Gasteiger partial charge in [0.15, 0.2) is 0 Å². The molecule has 0 aliphatic heterocycles. The molecule has 0 aliphatic carbocycles. The van der Waals surface area contributed by atoms with Gasteiger partial charge in [0.2, 0.25) is 5.95 Å². The van der Waals surface area contributed by atoms with E-state index in [1.165, 1.54) is 12.3 Å². The van der Waals surface area contributed by atoms with Gasteiger partial charge in [-0.25, -0.2) is 13.8 Å². The lowest BCUT2D eigenvalue weighted by atomic mass is 10.3. The standard InChI is InChI=1S/C16H10Cl2F2N4/c17-9-5-10(18)7-12(6-9)22-15-3-4-21-16(24-15)23-14-2-1-11(19)8-13(14)20/h1-8H,(H2,21,22,23,24). The zero-order valence-electron chi connectivity index (χ0n) is 12.0. The average molecular weight is 367 g/mol. The van der Waals surface area contributed by atoms with Crippen molar-refractivity contribution in [2.45, 2.75) is 0 Å². The highest BCUT2D eigenvalue weighted by Crippen LogP contribution is 2.25. The third-order valence-electron chi connectivity index (χ3n) is 2.97. The number of hydrogen-bond donors (Lipinski definition) is 2. The number of nitrogens with zero attached hydrogens (tertiary/aromatic N) is 2. The van der Waals surface area contributed by atoms with E-state index in [1.807, 2.05) is 0 Å². The first kappa shape index (κ1) is 16.4. The Kier molecular flexibility index (Phi) is 4.78. The molecule has 0 unspecified atom stereocenters. The lowest BCUT2D eigenvalue weighted by molar-refractivity contribution is 0.586. The maximum absolute atomic E-state index is 13.7. The predicted molar refractivity (Wildman–Crippen MR) is 91.4 cm³/mol. The van der Waals surface area contributed by atoms with Crippen LogP contribution in [0.2, 0.25) is 10.0 Å². The molecule has 4 nitrogen and oxygen atoms in total. The molecular formula is C16H10Cl2F2N4. The Hall–Kier alpha value is -2.44. The van der Waals surface area contributed by atoms with Crippen molar-refractivity contribution in [3.63, 3.8) is 0 Å². The molecule has 0 amide bonds. The third-order valence-corrected chi connectivity index (χ3v) is 3.40. The van der Waals surface area contributed by atoms with Crippen LogP contribution in [-0.2, 0) is 0 Å². The molecule has 0 saturated heterocycles. The number of rotatable bonds is 4. The second kappa shape index (κ2) is 6.98. The summed E-state index contributed by atoms with van der Waals surface area (Å²) in [7, 11) is 0. The second-order valence-electron chi connectivity index (χ2n) is 4.80. The Bertz CT molecular complexity index is 869. The number of halogens is 4. The van der Waals surface area contributed by atoms with Gasteiger partial charge in [0.05, 0.1) is 5.69 Å². The van der Waals surface area contributed by atoms with Crippen molar-refractivity contribution in [1.29, 1.82) is 0 Å². The number of benzene rings is 2. The van der Waals surface area contributed by atoms with Crippen LogP contribution in [-0.4, -0.2) is 9.97 Å². The van der Waals surface area contributed by atoms with E-state index in [9.17, 15) is 8.78 Å². The first-order valence-corrected chi connectivity index (χ1v) is 7.53. The number of anilines is 4. The van der Waals surface area contributed by atoms with Crippen LogP contribution < -0.4 is 10.6 Å². The van der Waals surface area contributed by atoms with Crippen molar-refractivity contribution >= 4 is 46.3 Å². The summed E-state index contributed by atoms with van der Waals surface area (Å²) < 4.78 is 26.6. The van der Waals surface area contributed by atoms with E-state index < -0.39 is 11.6 Å². The molecule has 3 rings (SSSR count). The molecule has 0 bridgehead atoms. The minimum Gasteiger partial charge on any atom is -0.340 e. The number of hydrogen-bond acceptors (Lipinski definition) is 4. The highest BCUT2D eigenvalue weighted by Gasteiger charge is 2.07. The molecule has 24 heavy (non-hydrogen) atoms. The zero-order chi connectivity index (χ0) is 17.1. The van der Waals surface area contributed by atoms with Crippen molar-refractivity contribution in [2.75, 3.05) is 10.6 Å². The van der Waals surface area contributed by atoms with Crippen LogP contribution in [0.1, 0.15) is 0 Å². The Morgan fingerprint density at radius 2 is 1.62 bits per heavy atom. The van der Waals surface area contributed by atoms with E-state index in [4.69, 9.17) is 23.2 Å². The van der Waals surface area contributed by atoms with Gasteiger partial charge in [-0.2, -0.15) is 4.98 Å². The Balaban J connectivity index is 1.81. The molecule has 3 aromatic rings. The van der Waals surface area contributed by atoms with E-state index in [1.54, 1.807) is 24.3 Å². The van der Waals surface area contributed by atoms with Crippen LogP contribution in [0.25, 0.3) is 0 Å². The van der Waals surface area contributed by atoms with Gasteiger partial charge in [-0.15, -0.1) is 0 Å². The number of aromatic nitrogens is 2. The van der Waals surface area contributed by atoms with Gasteiger partial charge in [-0.05, 0) is 36.4 Å². The molecule has 0 saturated carbocycles. The molecule has 0 spiro atoms. The lowest BCUT2D eigenvalue weighted by Gasteiger charge is -2.09. The summed E-state index contributed by atoms with van der Waals surface area (Å²) in [6.07, 6.45) is 1.49. The van der Waals surface area contributed by atoms with Crippen LogP contribution in [0, 0.1) is 11.6 Å². The fourth-order valence-electron chi connectivity index (χ4n) is 1.97. The topological polar surface area (TPSA) is 49.8 Å². The van der Waals surface area contributed by atoms with Crippen LogP contribution in [0.4, 0.5) is 31.9 Å². The smallest absolute Gasteiger partial charge is 0.229 e. The van der Waals surface area contributed by atoms with E-state index >= 15 is 0 Å². The molecule has 1 heterocycles. The summed E-state index contributed by atoms with van der Waals surface area (Å²) in [5.41, 5.74) is 0.712. The molecule has 2 N–H and O–H groups in total. The lowest BCUT2D eigenvalue weighted by Crippen LogP contribution is -2.02. The van der Waals surface area contributed by atoms with E-state index in [0.29, 0.717) is 21.6 Å². The predicted octanol–water partition coefficient (Wildman–Crippen LogP) is 5.55. The highest BCUT2D eigenvalue weighted by molar-refractivity contribution is 6.35. The molecule has 0 fully saturated rings. The number of nitrogens with one attached hydrogen (secondary N) is 2. The first-order chi connectivity index (χ1) is 11.5. The Morgan fingerprint density at radius 1 is 0.875 bits per heavy atom. The summed E-state index contributed by atoms with van der Waals surface area (Å²) in [5, 5.41) is 6.67. The molecule has 122 valence electrons. The fourth-order valence-corrected chi connectivity index (χ4v) is 2.50. The molecule has 0 aliphatic rings. The highest BCUT2D eigenvalue weighted by atomic mass is 35.5. The van der Waals surface area contributed by atoms with Gasteiger partial charge in [-0.3, -0.25) is 0 Å². The van der Waals surface area contributed by atoms with Gasteiger partial charge in [0.25, 0.3) is 0 Å². The van der Waals surface area contributed by atoms with Crippen LogP contribution >= 0.6 is 23.2 Å². The van der Waals surface area contributed by atoms with Crippen molar-refractivity contribution < 1.29 is 8.78 Å². The largest absolute Gasteiger partial charge is 0.340 e. The van der Waals surface area contributed by atoms with Crippen LogP contribution in [0.3, 0.4) is 0 Å². The molecule has 1 aromatic heterocycles. The minimum atomic E-state index is -0.737. The summed E-state index contributed by atoms with van der Waals surface area (Å²) >= 11 is 11.9. The summed E-state index contributed by atoms with van der Waals surface area (Å²) in [4.78, 5) is 8.21. The molecule has 8 heteroatoms. The Labute approximate surface area is 146 Å². The normalized spacial score (nSPS) is 10.5.